The number of piperidine rings is 1. The van der Waals surface area contributed by atoms with Gasteiger partial charge in [0.05, 0.1) is 18.3 Å². The first-order valence-electron chi connectivity index (χ1n) is 14.6. The van der Waals surface area contributed by atoms with Gasteiger partial charge in [0.1, 0.15) is 17.0 Å². The molecule has 0 aliphatic carbocycles. The number of fused-ring (bicyclic) bond motifs is 1. The molecular formula is C31H34N8O4. The Morgan fingerprint density at radius 1 is 1.05 bits per heavy atom. The van der Waals surface area contributed by atoms with E-state index in [1.54, 1.807) is 48.7 Å². The number of benzene rings is 2. The first kappa shape index (κ1) is 28.2. The van der Waals surface area contributed by atoms with Gasteiger partial charge in [-0.05, 0) is 86.0 Å². The van der Waals surface area contributed by atoms with E-state index in [0.717, 1.165) is 24.2 Å². The molecule has 6 rings (SSSR count). The first-order valence-corrected chi connectivity index (χ1v) is 14.6. The summed E-state index contributed by atoms with van der Waals surface area (Å²) in [5.74, 6) is 2.12. The van der Waals surface area contributed by atoms with Crippen LogP contribution in [0.3, 0.4) is 0 Å². The maximum absolute atomic E-state index is 12.9. The Bertz CT molecular complexity index is 1690. The van der Waals surface area contributed by atoms with E-state index >= 15 is 0 Å². The quantitative estimate of drug-likeness (QED) is 0.195. The van der Waals surface area contributed by atoms with Gasteiger partial charge in [0.15, 0.2) is 17.3 Å². The largest absolute Gasteiger partial charge is 0.494 e. The van der Waals surface area contributed by atoms with E-state index in [1.165, 1.54) is 32.4 Å². The predicted molar refractivity (Wildman–Crippen MR) is 162 cm³/mol. The average Bonchev–Trinajstić information content (AvgIpc) is 3.62. The highest BCUT2D eigenvalue weighted by Crippen LogP contribution is 2.30. The van der Waals surface area contributed by atoms with E-state index in [-0.39, 0.29) is 11.7 Å². The third-order valence-corrected chi connectivity index (χ3v) is 7.42. The summed E-state index contributed by atoms with van der Waals surface area (Å²) in [4.78, 5) is 24.4. The molecule has 1 aliphatic heterocycles. The van der Waals surface area contributed by atoms with Crippen LogP contribution in [0, 0.1) is 0 Å². The molecular weight excluding hydrogens is 548 g/mol. The molecule has 0 unspecified atom stereocenters. The van der Waals surface area contributed by atoms with Crippen molar-refractivity contribution in [3.63, 3.8) is 0 Å². The highest BCUT2D eigenvalue weighted by Gasteiger charge is 2.19. The van der Waals surface area contributed by atoms with Gasteiger partial charge < -0.3 is 30.0 Å². The predicted octanol–water partition coefficient (Wildman–Crippen LogP) is 5.38. The summed E-state index contributed by atoms with van der Waals surface area (Å²) in [6.07, 6.45) is 6.54. The molecule has 1 amide bonds. The third kappa shape index (κ3) is 6.59. The van der Waals surface area contributed by atoms with Crippen molar-refractivity contribution in [3.8, 4) is 28.9 Å². The molecule has 0 bridgehead atoms. The number of nitrogens with two attached hydrogens (primary N) is 1. The Hall–Kier alpha value is -4.97. The number of rotatable bonds is 11. The van der Waals surface area contributed by atoms with Crippen LogP contribution < -0.4 is 20.5 Å². The van der Waals surface area contributed by atoms with Crippen LogP contribution in [0.4, 0.5) is 11.5 Å². The normalized spacial score (nSPS) is 13.7. The van der Waals surface area contributed by atoms with Crippen LogP contribution in [-0.2, 0) is 6.54 Å². The summed E-state index contributed by atoms with van der Waals surface area (Å²) in [5, 5.41) is 10.5. The number of likely N-dealkylation sites (tertiary alicyclic amines) is 1. The van der Waals surface area contributed by atoms with Gasteiger partial charge in [-0.25, -0.2) is 14.6 Å². The molecule has 0 spiro atoms. The molecule has 5 aromatic rings. The van der Waals surface area contributed by atoms with E-state index in [0.29, 0.717) is 53.1 Å². The number of anilines is 2. The van der Waals surface area contributed by atoms with Crippen LogP contribution in [-0.4, -0.2) is 61.9 Å². The number of ether oxygens (including phenoxy) is 2. The smallest absolute Gasteiger partial charge is 0.255 e. The van der Waals surface area contributed by atoms with Crippen molar-refractivity contribution >= 4 is 28.4 Å². The van der Waals surface area contributed by atoms with E-state index in [4.69, 9.17) is 19.8 Å². The number of aryl methyl sites for hydroxylation is 1. The number of imidazole rings is 1. The van der Waals surface area contributed by atoms with Crippen molar-refractivity contribution in [1.29, 1.82) is 0 Å². The number of amides is 1. The van der Waals surface area contributed by atoms with Crippen LogP contribution in [0.15, 0.2) is 65.4 Å². The molecule has 43 heavy (non-hydrogen) atoms. The first-order chi connectivity index (χ1) is 21.1. The van der Waals surface area contributed by atoms with Gasteiger partial charge in [-0.15, -0.1) is 0 Å². The molecule has 3 aromatic heterocycles. The minimum Gasteiger partial charge on any atom is -0.494 e. The number of aromatic nitrogens is 5. The van der Waals surface area contributed by atoms with Crippen LogP contribution in [0.1, 0.15) is 43.0 Å². The molecule has 1 fully saturated rings. The van der Waals surface area contributed by atoms with Crippen molar-refractivity contribution in [1.82, 2.24) is 29.7 Å². The second-order valence-corrected chi connectivity index (χ2v) is 10.4. The van der Waals surface area contributed by atoms with E-state index in [1.807, 2.05) is 23.6 Å². The Balaban J connectivity index is 1.06. The number of carbonyl (C=O) groups excluding carboxylic acids is 1. The van der Waals surface area contributed by atoms with Gasteiger partial charge >= 0.3 is 0 Å². The number of nitrogen functional groups attached to an aromatic ring is 1. The highest BCUT2D eigenvalue weighted by molar-refractivity contribution is 6.04. The SMILES string of the molecule is CCn1c(-c2nonc2N)nc2cnc(Oc3cccc(NC(=O)c4ccc(OCCCN5CCCCC5)cc4)c3)cc21. The average molecular weight is 583 g/mol. The zero-order chi connectivity index (χ0) is 29.6. The molecule has 3 N–H and O–H groups in total. The van der Waals surface area contributed by atoms with Gasteiger partial charge in [-0.3, -0.25) is 4.79 Å². The maximum atomic E-state index is 12.9. The van der Waals surface area contributed by atoms with Crippen LogP contribution >= 0.6 is 0 Å². The van der Waals surface area contributed by atoms with E-state index in [9.17, 15) is 4.79 Å². The Labute approximate surface area is 248 Å². The summed E-state index contributed by atoms with van der Waals surface area (Å²) in [5.41, 5.74) is 8.83. The molecule has 4 heterocycles. The standard InChI is InChI=1S/C31H34N8O4/c1-2-39-26-19-27(33-20-25(26)35-30(39)28-29(32)37-43-36-28)42-24-9-6-8-22(18-24)34-31(40)21-10-12-23(13-11-21)41-17-7-16-38-14-4-3-5-15-38/h6,8-13,18-20H,2-5,7,14-17H2,1H3,(H2,32,37)(H,34,40). The third-order valence-electron chi connectivity index (χ3n) is 7.42. The number of hydrogen-bond donors (Lipinski definition) is 2. The van der Waals surface area contributed by atoms with E-state index < -0.39 is 0 Å². The fourth-order valence-electron chi connectivity index (χ4n) is 5.24. The second-order valence-electron chi connectivity index (χ2n) is 10.4. The molecule has 1 aliphatic rings. The summed E-state index contributed by atoms with van der Waals surface area (Å²) in [6, 6.07) is 16.1. The Morgan fingerprint density at radius 3 is 2.65 bits per heavy atom. The minimum atomic E-state index is -0.227. The number of pyridine rings is 1. The summed E-state index contributed by atoms with van der Waals surface area (Å²) in [7, 11) is 0. The van der Waals surface area contributed by atoms with Crippen LogP contribution in [0.25, 0.3) is 22.6 Å². The van der Waals surface area contributed by atoms with Gasteiger partial charge in [-0.1, -0.05) is 12.5 Å². The molecule has 12 nitrogen and oxygen atoms in total. The highest BCUT2D eigenvalue weighted by atomic mass is 16.6. The monoisotopic (exact) mass is 582 g/mol. The van der Waals surface area contributed by atoms with Crippen LogP contribution in [0.5, 0.6) is 17.4 Å². The van der Waals surface area contributed by atoms with Crippen molar-refractivity contribution in [2.75, 3.05) is 37.3 Å². The fourth-order valence-corrected chi connectivity index (χ4v) is 5.24. The molecule has 0 saturated carbocycles. The Morgan fingerprint density at radius 2 is 1.88 bits per heavy atom. The summed E-state index contributed by atoms with van der Waals surface area (Å²) < 4.78 is 18.6. The lowest BCUT2D eigenvalue weighted by Crippen LogP contribution is -2.31. The second kappa shape index (κ2) is 12.9. The molecule has 0 radical (unpaired) electrons. The lowest BCUT2D eigenvalue weighted by Gasteiger charge is -2.26. The maximum Gasteiger partial charge on any atom is 0.255 e. The van der Waals surface area contributed by atoms with Crippen molar-refractivity contribution in [3.05, 3.63) is 66.4 Å². The van der Waals surface area contributed by atoms with Gasteiger partial charge in [0, 0.05) is 36.5 Å². The van der Waals surface area contributed by atoms with Crippen molar-refractivity contribution in [2.24, 2.45) is 0 Å². The zero-order valence-corrected chi connectivity index (χ0v) is 24.0. The number of carbonyl (C=O) groups is 1. The summed E-state index contributed by atoms with van der Waals surface area (Å²) in [6.45, 7) is 6.70. The molecule has 222 valence electrons. The lowest BCUT2D eigenvalue weighted by molar-refractivity contribution is 0.102. The van der Waals surface area contributed by atoms with Crippen molar-refractivity contribution in [2.45, 2.75) is 39.2 Å². The number of hydrogen-bond acceptors (Lipinski definition) is 10. The topological polar surface area (TPSA) is 146 Å². The fraction of sp³-hybridized carbons (Fsp3) is 0.323. The lowest BCUT2D eigenvalue weighted by atomic mass is 10.1. The van der Waals surface area contributed by atoms with Gasteiger partial charge in [0.2, 0.25) is 5.88 Å². The van der Waals surface area contributed by atoms with Gasteiger partial charge in [-0.2, -0.15) is 0 Å². The van der Waals surface area contributed by atoms with E-state index in [2.05, 4.69) is 30.5 Å². The number of nitrogens with zero attached hydrogens (tertiary/aromatic N) is 6. The zero-order valence-electron chi connectivity index (χ0n) is 24.0. The molecule has 12 heteroatoms. The van der Waals surface area contributed by atoms with Crippen molar-refractivity contribution < 1.29 is 18.9 Å². The minimum absolute atomic E-state index is 0.163. The Kier molecular flexibility index (Phi) is 8.45. The van der Waals surface area contributed by atoms with Crippen LogP contribution in [0.2, 0.25) is 0 Å². The summed E-state index contributed by atoms with van der Waals surface area (Å²) >= 11 is 0. The number of nitrogens with one attached hydrogen (secondary N) is 1. The van der Waals surface area contributed by atoms with Gasteiger partial charge in [0.25, 0.3) is 5.91 Å². The molecule has 0 atom stereocenters. The molecule has 2 aromatic carbocycles. The molecule has 1 saturated heterocycles.